The highest BCUT2D eigenvalue weighted by Crippen LogP contribution is 2.36. The van der Waals surface area contributed by atoms with Gasteiger partial charge in [0.2, 0.25) is 5.91 Å². The number of rotatable bonds is 3. The molecular weight excluding hydrogens is 292 g/mol. The van der Waals surface area contributed by atoms with Gasteiger partial charge in [-0.15, -0.1) is 0 Å². The smallest absolute Gasteiger partial charge is 0.269 e. The molecule has 126 valence electrons. The molecule has 2 atom stereocenters. The molecule has 0 radical (unpaired) electrons. The van der Waals surface area contributed by atoms with Crippen molar-refractivity contribution in [2.75, 3.05) is 32.1 Å². The van der Waals surface area contributed by atoms with E-state index in [1.165, 1.54) is 36.4 Å². The molecule has 1 aromatic heterocycles. The molecule has 1 amide bonds. The number of likely N-dealkylation sites (tertiary alicyclic amines) is 1. The van der Waals surface area contributed by atoms with E-state index < -0.39 is 0 Å². The minimum Gasteiger partial charge on any atom is -0.376 e. The van der Waals surface area contributed by atoms with Gasteiger partial charge >= 0.3 is 0 Å². The summed E-state index contributed by atoms with van der Waals surface area (Å²) >= 11 is 0. The average molecular weight is 318 g/mol. The molecule has 0 spiro atoms. The van der Waals surface area contributed by atoms with Gasteiger partial charge in [-0.2, -0.15) is 5.10 Å². The van der Waals surface area contributed by atoms with Crippen LogP contribution < -0.4 is 10.5 Å². The Hall–Kier alpha value is -1.85. The maximum Gasteiger partial charge on any atom is 0.269 e. The van der Waals surface area contributed by atoms with E-state index in [1.807, 2.05) is 23.9 Å². The van der Waals surface area contributed by atoms with Crippen molar-refractivity contribution in [3.8, 4) is 0 Å². The number of fused-ring (bicyclic) bond motifs is 1. The first kappa shape index (κ1) is 16.0. The fourth-order valence-electron chi connectivity index (χ4n) is 3.84. The van der Waals surface area contributed by atoms with Crippen molar-refractivity contribution in [2.24, 2.45) is 11.8 Å². The van der Waals surface area contributed by atoms with Crippen LogP contribution in [0.2, 0.25) is 0 Å². The van der Waals surface area contributed by atoms with E-state index in [1.54, 1.807) is 6.20 Å². The highest BCUT2D eigenvalue weighted by molar-refractivity contribution is 5.76. The first-order valence-electron chi connectivity index (χ1n) is 8.57. The van der Waals surface area contributed by atoms with Gasteiger partial charge in [0.15, 0.2) is 0 Å². The van der Waals surface area contributed by atoms with Gasteiger partial charge < -0.3 is 9.80 Å². The van der Waals surface area contributed by atoms with Crippen LogP contribution in [-0.4, -0.2) is 47.8 Å². The molecule has 0 aromatic carbocycles. The molecule has 2 fully saturated rings. The number of carbonyl (C=O) groups excluding carboxylic acids is 1. The Morgan fingerprint density at radius 3 is 2.70 bits per heavy atom. The van der Waals surface area contributed by atoms with Crippen molar-refractivity contribution < 1.29 is 4.79 Å². The lowest BCUT2D eigenvalue weighted by molar-refractivity contribution is -0.135. The number of hydrogen-bond donors (Lipinski definition) is 0. The van der Waals surface area contributed by atoms with Crippen LogP contribution in [0.15, 0.2) is 17.1 Å². The number of amides is 1. The molecular formula is C17H26N4O2. The van der Waals surface area contributed by atoms with Crippen molar-refractivity contribution in [3.63, 3.8) is 0 Å². The third kappa shape index (κ3) is 3.57. The van der Waals surface area contributed by atoms with Gasteiger partial charge in [-0.3, -0.25) is 9.59 Å². The van der Waals surface area contributed by atoms with E-state index in [0.29, 0.717) is 5.92 Å². The van der Waals surface area contributed by atoms with Crippen LogP contribution in [0.5, 0.6) is 0 Å². The Morgan fingerprint density at radius 1 is 1.26 bits per heavy atom. The van der Waals surface area contributed by atoms with Crippen molar-refractivity contribution >= 4 is 11.6 Å². The molecule has 6 heteroatoms. The fourth-order valence-corrected chi connectivity index (χ4v) is 3.84. The molecule has 3 rings (SSSR count). The van der Waals surface area contributed by atoms with Gasteiger partial charge in [-0.05, 0) is 24.7 Å². The summed E-state index contributed by atoms with van der Waals surface area (Å²) in [5.41, 5.74) is 0.527. The van der Waals surface area contributed by atoms with Gasteiger partial charge in [-0.1, -0.05) is 19.3 Å². The Bertz CT molecular complexity index is 625. The van der Waals surface area contributed by atoms with E-state index in [4.69, 9.17) is 0 Å². The maximum absolute atomic E-state index is 12.5. The molecule has 1 saturated carbocycles. The van der Waals surface area contributed by atoms with Gasteiger partial charge in [-0.25, -0.2) is 4.68 Å². The number of anilines is 1. The van der Waals surface area contributed by atoms with Crippen LogP contribution >= 0.6 is 0 Å². The molecule has 0 N–H and O–H groups in total. The monoisotopic (exact) mass is 318 g/mol. The van der Waals surface area contributed by atoms with E-state index >= 15 is 0 Å². The molecule has 1 aromatic rings. The average Bonchev–Trinajstić information content (AvgIpc) is 2.56. The van der Waals surface area contributed by atoms with Crippen molar-refractivity contribution in [3.05, 3.63) is 22.6 Å². The Labute approximate surface area is 137 Å². The number of nitrogens with zero attached hydrogens (tertiary/aromatic N) is 4. The maximum atomic E-state index is 12.5. The number of piperidine rings is 1. The predicted molar refractivity (Wildman–Crippen MR) is 89.5 cm³/mol. The summed E-state index contributed by atoms with van der Waals surface area (Å²) in [5.74, 6) is 1.47. The van der Waals surface area contributed by atoms with Crippen LogP contribution in [0, 0.1) is 11.8 Å². The van der Waals surface area contributed by atoms with Crippen molar-refractivity contribution in [1.29, 1.82) is 0 Å². The first-order chi connectivity index (χ1) is 11.0. The molecule has 2 aliphatic rings. The lowest BCUT2D eigenvalue weighted by atomic mass is 9.75. The van der Waals surface area contributed by atoms with Crippen molar-refractivity contribution in [1.82, 2.24) is 14.7 Å². The highest BCUT2D eigenvalue weighted by atomic mass is 16.2. The Morgan fingerprint density at radius 2 is 2.00 bits per heavy atom. The summed E-state index contributed by atoms with van der Waals surface area (Å²) < 4.78 is 1.27. The summed E-state index contributed by atoms with van der Waals surface area (Å²) in [6, 6.07) is 1.52. The molecule has 0 bridgehead atoms. The lowest BCUT2D eigenvalue weighted by Crippen LogP contribution is -2.46. The minimum atomic E-state index is -0.225. The quantitative estimate of drug-likeness (QED) is 0.844. The number of aromatic nitrogens is 2. The van der Waals surface area contributed by atoms with Crippen LogP contribution in [0.1, 0.15) is 32.1 Å². The van der Waals surface area contributed by atoms with E-state index in [9.17, 15) is 9.59 Å². The second-order valence-electron chi connectivity index (χ2n) is 7.04. The topological polar surface area (TPSA) is 58.4 Å². The molecule has 2 unspecified atom stereocenters. The zero-order valence-corrected chi connectivity index (χ0v) is 14.1. The normalized spacial score (nSPS) is 24.2. The largest absolute Gasteiger partial charge is 0.376 e. The third-order valence-electron chi connectivity index (χ3n) is 5.30. The Kier molecular flexibility index (Phi) is 4.68. The summed E-state index contributed by atoms with van der Waals surface area (Å²) in [6.07, 6.45) is 7.92. The van der Waals surface area contributed by atoms with Gasteiger partial charge in [0.05, 0.1) is 11.9 Å². The van der Waals surface area contributed by atoms with E-state index in [-0.39, 0.29) is 18.0 Å². The van der Waals surface area contributed by atoms with Gasteiger partial charge in [0.25, 0.3) is 5.56 Å². The number of carbonyl (C=O) groups is 1. The first-order valence-corrected chi connectivity index (χ1v) is 8.57. The van der Waals surface area contributed by atoms with Crippen LogP contribution in [-0.2, 0) is 11.3 Å². The van der Waals surface area contributed by atoms with Gasteiger partial charge in [0, 0.05) is 33.3 Å². The minimum absolute atomic E-state index is 0.0150. The Balaban J connectivity index is 1.64. The molecule has 1 aliphatic heterocycles. The van der Waals surface area contributed by atoms with Crippen LogP contribution in [0.25, 0.3) is 0 Å². The summed E-state index contributed by atoms with van der Waals surface area (Å²) in [5, 5.41) is 4.13. The summed E-state index contributed by atoms with van der Waals surface area (Å²) in [6.45, 7) is 1.72. The van der Waals surface area contributed by atoms with Crippen LogP contribution in [0.4, 0.5) is 5.69 Å². The third-order valence-corrected chi connectivity index (χ3v) is 5.30. The van der Waals surface area contributed by atoms with Crippen molar-refractivity contribution in [2.45, 2.75) is 38.6 Å². The van der Waals surface area contributed by atoms with Crippen LogP contribution in [0.3, 0.4) is 0 Å². The molecule has 6 nitrogen and oxygen atoms in total. The van der Waals surface area contributed by atoms with Gasteiger partial charge in [0.1, 0.15) is 6.54 Å². The zero-order chi connectivity index (χ0) is 16.4. The second kappa shape index (κ2) is 6.72. The molecule has 2 heterocycles. The summed E-state index contributed by atoms with van der Waals surface area (Å²) in [4.78, 5) is 28.4. The van der Waals surface area contributed by atoms with E-state index in [0.717, 1.165) is 31.1 Å². The molecule has 1 saturated heterocycles. The zero-order valence-electron chi connectivity index (χ0n) is 14.1. The SMILES string of the molecule is CN(C)c1cnn(CC(=O)N2CCC3CCCCC3C2)c(=O)c1. The molecule has 1 aliphatic carbocycles. The molecule has 23 heavy (non-hydrogen) atoms. The summed E-state index contributed by atoms with van der Waals surface area (Å²) in [7, 11) is 3.72. The van der Waals surface area contributed by atoms with E-state index in [2.05, 4.69) is 5.10 Å². The second-order valence-corrected chi connectivity index (χ2v) is 7.04. The lowest BCUT2D eigenvalue weighted by Gasteiger charge is -2.41. The predicted octanol–water partition coefficient (Wildman–Crippen LogP) is 1.35. The highest BCUT2D eigenvalue weighted by Gasteiger charge is 2.32. The standard InChI is InChI=1S/C17H26N4O2/c1-19(2)15-9-16(22)21(18-10-15)12-17(23)20-8-7-13-5-3-4-6-14(13)11-20/h9-10,13-14H,3-8,11-12H2,1-2H3. The number of hydrogen-bond acceptors (Lipinski definition) is 4. The fraction of sp³-hybridized carbons (Fsp3) is 0.706.